The zero-order valence-electron chi connectivity index (χ0n) is 5.52. The predicted octanol–water partition coefficient (Wildman–Crippen LogP) is 2.15. The average molecular weight is 161 g/mol. The molecule has 0 heterocycles. The van der Waals surface area contributed by atoms with Crippen molar-refractivity contribution in [1.29, 1.82) is 0 Å². The van der Waals surface area contributed by atoms with E-state index in [1.807, 2.05) is 0 Å². The van der Waals surface area contributed by atoms with Gasteiger partial charge in [-0.05, 0) is 18.4 Å². The second-order valence-corrected chi connectivity index (χ2v) is 3.26. The topological polar surface area (TPSA) is 12.0 Å². The lowest BCUT2D eigenvalue weighted by Crippen LogP contribution is -2.09. The molecule has 0 saturated carbocycles. The zero-order chi connectivity index (χ0) is 7.11. The first kappa shape index (κ1) is 8.98. The smallest absolute Gasteiger partial charge is 0.137 e. The number of nitrogens with one attached hydrogen (secondary N) is 1. The Hall–Kier alpha value is -0.0200. The van der Waals surface area contributed by atoms with Gasteiger partial charge in [0.15, 0.2) is 0 Å². The Morgan fingerprint density at radius 1 is 1.89 bits per heavy atom. The number of hydrogen-bond acceptors (Lipinski definition) is 2. The summed E-state index contributed by atoms with van der Waals surface area (Å²) in [5.74, 6) is 1.08. The molecule has 0 aliphatic heterocycles. The molecule has 0 bridgehead atoms. The standard InChI is InChI=1S/C6H11NS2/c1-3-5-9-6(8)7-4-2/h4H,2-3,5H2,1H3,(H,7,8). The van der Waals surface area contributed by atoms with Crippen LogP contribution in [0.2, 0.25) is 0 Å². The maximum Gasteiger partial charge on any atom is 0.137 e. The molecular formula is C6H11NS2. The molecule has 1 N–H and O–H groups in total. The average Bonchev–Trinajstić information content (AvgIpc) is 1.85. The number of thiocarbonyl (C=S) groups is 1. The van der Waals surface area contributed by atoms with Gasteiger partial charge in [-0.3, -0.25) is 0 Å². The molecule has 0 aliphatic rings. The van der Waals surface area contributed by atoms with Crippen LogP contribution in [0.25, 0.3) is 0 Å². The molecule has 3 heteroatoms. The molecule has 0 unspecified atom stereocenters. The number of thioether (sulfide) groups is 1. The first-order valence-electron chi connectivity index (χ1n) is 2.85. The first-order chi connectivity index (χ1) is 4.31. The van der Waals surface area contributed by atoms with Crippen molar-refractivity contribution >= 4 is 28.3 Å². The van der Waals surface area contributed by atoms with Crippen LogP contribution in [0.1, 0.15) is 13.3 Å². The van der Waals surface area contributed by atoms with Crippen LogP contribution >= 0.6 is 24.0 Å². The van der Waals surface area contributed by atoms with Crippen molar-refractivity contribution in [1.82, 2.24) is 5.32 Å². The van der Waals surface area contributed by atoms with Gasteiger partial charge in [0, 0.05) is 0 Å². The van der Waals surface area contributed by atoms with Crippen molar-refractivity contribution in [2.75, 3.05) is 5.75 Å². The van der Waals surface area contributed by atoms with Crippen LogP contribution in [-0.4, -0.2) is 10.1 Å². The van der Waals surface area contributed by atoms with Crippen molar-refractivity contribution in [3.63, 3.8) is 0 Å². The van der Waals surface area contributed by atoms with Crippen molar-refractivity contribution in [3.8, 4) is 0 Å². The molecule has 1 nitrogen and oxygen atoms in total. The summed E-state index contributed by atoms with van der Waals surface area (Å²) < 4.78 is 0.812. The summed E-state index contributed by atoms with van der Waals surface area (Å²) in [6, 6.07) is 0. The molecule has 0 rings (SSSR count). The second kappa shape index (κ2) is 6.11. The van der Waals surface area contributed by atoms with Crippen molar-refractivity contribution in [2.24, 2.45) is 0 Å². The van der Waals surface area contributed by atoms with E-state index < -0.39 is 0 Å². The van der Waals surface area contributed by atoms with Gasteiger partial charge in [-0.2, -0.15) is 0 Å². The largest absolute Gasteiger partial charge is 0.348 e. The summed E-state index contributed by atoms with van der Waals surface area (Å²) in [6.07, 6.45) is 2.76. The Labute approximate surface area is 65.9 Å². The van der Waals surface area contributed by atoms with Gasteiger partial charge >= 0.3 is 0 Å². The van der Waals surface area contributed by atoms with Crippen molar-refractivity contribution < 1.29 is 0 Å². The molecule has 0 aromatic rings. The summed E-state index contributed by atoms with van der Waals surface area (Å²) in [5.41, 5.74) is 0. The van der Waals surface area contributed by atoms with Crippen LogP contribution < -0.4 is 5.32 Å². The summed E-state index contributed by atoms with van der Waals surface area (Å²) in [5, 5.41) is 2.84. The van der Waals surface area contributed by atoms with Gasteiger partial charge in [0.2, 0.25) is 0 Å². The Kier molecular flexibility index (Phi) is 6.09. The Morgan fingerprint density at radius 2 is 2.56 bits per heavy atom. The molecule has 52 valence electrons. The van der Waals surface area contributed by atoms with Gasteiger partial charge in [0.05, 0.1) is 0 Å². The fourth-order valence-corrected chi connectivity index (χ4v) is 1.21. The summed E-state index contributed by atoms with van der Waals surface area (Å²) in [6.45, 7) is 5.63. The van der Waals surface area contributed by atoms with E-state index in [1.165, 1.54) is 0 Å². The summed E-state index contributed by atoms with van der Waals surface area (Å²) >= 11 is 6.55. The number of hydrogen-bond donors (Lipinski definition) is 1. The second-order valence-electron chi connectivity index (χ2n) is 1.48. The minimum absolute atomic E-state index is 0.812. The van der Waals surface area contributed by atoms with Crippen LogP contribution in [-0.2, 0) is 0 Å². The molecule has 0 radical (unpaired) electrons. The fraction of sp³-hybridized carbons (Fsp3) is 0.500. The van der Waals surface area contributed by atoms with Gasteiger partial charge < -0.3 is 5.32 Å². The quantitative estimate of drug-likeness (QED) is 0.637. The zero-order valence-corrected chi connectivity index (χ0v) is 7.15. The minimum Gasteiger partial charge on any atom is -0.348 e. The van der Waals surface area contributed by atoms with E-state index >= 15 is 0 Å². The molecule has 9 heavy (non-hydrogen) atoms. The van der Waals surface area contributed by atoms with Crippen LogP contribution in [0.5, 0.6) is 0 Å². The maximum absolute atomic E-state index is 4.90. The highest BCUT2D eigenvalue weighted by Crippen LogP contribution is 2.02. The van der Waals surface area contributed by atoms with Crippen LogP contribution in [0.4, 0.5) is 0 Å². The molecule has 0 atom stereocenters. The highest BCUT2D eigenvalue weighted by molar-refractivity contribution is 8.22. The third kappa shape index (κ3) is 5.86. The van der Waals surface area contributed by atoms with E-state index in [9.17, 15) is 0 Å². The minimum atomic E-state index is 0.812. The lowest BCUT2D eigenvalue weighted by Gasteiger charge is -1.98. The van der Waals surface area contributed by atoms with Gasteiger partial charge in [0.1, 0.15) is 4.32 Å². The Bertz CT molecular complexity index is 101. The van der Waals surface area contributed by atoms with Crippen LogP contribution in [0.15, 0.2) is 12.8 Å². The number of rotatable bonds is 3. The molecule has 0 amide bonds. The van der Waals surface area contributed by atoms with E-state index in [0.29, 0.717) is 0 Å². The van der Waals surface area contributed by atoms with Crippen molar-refractivity contribution in [2.45, 2.75) is 13.3 Å². The van der Waals surface area contributed by atoms with E-state index in [2.05, 4.69) is 18.8 Å². The van der Waals surface area contributed by atoms with Crippen LogP contribution in [0.3, 0.4) is 0 Å². The van der Waals surface area contributed by atoms with E-state index in [0.717, 1.165) is 16.5 Å². The van der Waals surface area contributed by atoms with E-state index in [4.69, 9.17) is 12.2 Å². The lowest BCUT2D eigenvalue weighted by atomic mass is 10.6. The maximum atomic E-state index is 4.90. The lowest BCUT2D eigenvalue weighted by molar-refractivity contribution is 1.11. The first-order valence-corrected chi connectivity index (χ1v) is 4.24. The Balaban J connectivity index is 3.16. The molecule has 0 fully saturated rings. The third-order valence-corrected chi connectivity index (χ3v) is 2.12. The highest BCUT2D eigenvalue weighted by atomic mass is 32.2. The summed E-state index contributed by atoms with van der Waals surface area (Å²) in [7, 11) is 0. The van der Waals surface area contributed by atoms with Crippen molar-refractivity contribution in [3.05, 3.63) is 12.8 Å². The summed E-state index contributed by atoms with van der Waals surface area (Å²) in [4.78, 5) is 0. The molecular weight excluding hydrogens is 150 g/mol. The molecule has 0 saturated heterocycles. The Morgan fingerprint density at radius 3 is 3.00 bits per heavy atom. The van der Waals surface area contributed by atoms with Gasteiger partial charge in [-0.15, -0.1) is 0 Å². The third-order valence-electron chi connectivity index (χ3n) is 0.657. The molecule has 0 spiro atoms. The fourth-order valence-electron chi connectivity index (χ4n) is 0.320. The highest BCUT2D eigenvalue weighted by Gasteiger charge is 1.89. The molecule has 0 aromatic carbocycles. The monoisotopic (exact) mass is 161 g/mol. The SMILES string of the molecule is C=CNC(=S)SCCC. The van der Waals surface area contributed by atoms with Gasteiger partial charge in [-0.25, -0.2) is 0 Å². The van der Waals surface area contributed by atoms with E-state index in [-0.39, 0.29) is 0 Å². The normalized spacial score (nSPS) is 8.56. The molecule has 0 aliphatic carbocycles. The van der Waals surface area contributed by atoms with Crippen LogP contribution in [0, 0.1) is 0 Å². The predicted molar refractivity (Wildman–Crippen MR) is 48.7 cm³/mol. The van der Waals surface area contributed by atoms with E-state index in [1.54, 1.807) is 18.0 Å². The van der Waals surface area contributed by atoms with Gasteiger partial charge in [-0.1, -0.05) is 37.5 Å². The molecule has 0 aromatic heterocycles. The van der Waals surface area contributed by atoms with Gasteiger partial charge in [0.25, 0.3) is 0 Å².